The van der Waals surface area contributed by atoms with E-state index >= 15 is 0 Å². The number of nitrogens with one attached hydrogen (secondary N) is 1. The summed E-state index contributed by atoms with van der Waals surface area (Å²) in [6, 6.07) is 0. The van der Waals surface area contributed by atoms with Crippen LogP contribution in [0.4, 0.5) is 0 Å². The second kappa shape index (κ2) is 5.75. The summed E-state index contributed by atoms with van der Waals surface area (Å²) in [5.74, 6) is 0.715. The summed E-state index contributed by atoms with van der Waals surface area (Å²) >= 11 is 1.73. The smallest absolute Gasteiger partial charge is 0.122 e. The molecule has 1 aliphatic carbocycles. The zero-order chi connectivity index (χ0) is 11.4. The first kappa shape index (κ1) is 12.0. The van der Waals surface area contributed by atoms with E-state index < -0.39 is 0 Å². The molecule has 1 heterocycles. The van der Waals surface area contributed by atoms with Gasteiger partial charge in [0.25, 0.3) is 0 Å². The van der Waals surface area contributed by atoms with E-state index in [1.165, 1.54) is 19.3 Å². The van der Waals surface area contributed by atoms with Crippen molar-refractivity contribution >= 4 is 11.3 Å². The van der Waals surface area contributed by atoms with Crippen LogP contribution >= 0.6 is 11.3 Å². The van der Waals surface area contributed by atoms with E-state index in [-0.39, 0.29) is 6.10 Å². The third-order valence-corrected chi connectivity index (χ3v) is 3.80. The third-order valence-electron chi connectivity index (χ3n) is 2.85. The van der Waals surface area contributed by atoms with Gasteiger partial charge >= 0.3 is 0 Å². The molecule has 0 aromatic carbocycles. The topological polar surface area (TPSA) is 34.1 Å². The zero-order valence-electron chi connectivity index (χ0n) is 10.0. The molecule has 2 rings (SSSR count). The van der Waals surface area contributed by atoms with Crippen molar-refractivity contribution in [2.75, 3.05) is 13.7 Å². The van der Waals surface area contributed by atoms with Gasteiger partial charge in [0.1, 0.15) is 11.1 Å². The first-order chi connectivity index (χ1) is 7.85. The predicted octanol–water partition coefficient (Wildman–Crippen LogP) is 2.74. The molecule has 1 atom stereocenters. The Morgan fingerprint density at radius 2 is 2.44 bits per heavy atom. The van der Waals surface area contributed by atoms with Gasteiger partial charge in [-0.15, -0.1) is 11.3 Å². The van der Waals surface area contributed by atoms with E-state index in [2.05, 4.69) is 22.6 Å². The lowest BCUT2D eigenvalue weighted by Gasteiger charge is -2.10. The Morgan fingerprint density at radius 3 is 3.06 bits per heavy atom. The molecule has 1 N–H and O–H groups in total. The van der Waals surface area contributed by atoms with Crippen LogP contribution in [-0.2, 0) is 11.3 Å². The average molecular weight is 240 g/mol. The third kappa shape index (κ3) is 3.03. The molecule has 0 radical (unpaired) electrons. The van der Waals surface area contributed by atoms with E-state index in [9.17, 15) is 0 Å². The molecule has 4 heteroatoms. The maximum Gasteiger partial charge on any atom is 0.122 e. The van der Waals surface area contributed by atoms with Crippen molar-refractivity contribution in [1.29, 1.82) is 0 Å². The number of thiazole rings is 1. The quantitative estimate of drug-likeness (QED) is 0.744. The zero-order valence-corrected chi connectivity index (χ0v) is 10.8. The molecule has 1 saturated carbocycles. The highest BCUT2D eigenvalue weighted by atomic mass is 32.1. The number of nitrogens with zero attached hydrogens (tertiary/aromatic N) is 1. The van der Waals surface area contributed by atoms with Crippen LogP contribution in [-0.4, -0.2) is 18.6 Å². The van der Waals surface area contributed by atoms with Gasteiger partial charge in [0.15, 0.2) is 0 Å². The lowest BCUT2D eigenvalue weighted by atomic mass is 10.2. The van der Waals surface area contributed by atoms with Crippen LogP contribution in [0, 0.1) is 5.92 Å². The van der Waals surface area contributed by atoms with Crippen molar-refractivity contribution in [3.63, 3.8) is 0 Å². The molecule has 0 aliphatic heterocycles. The minimum Gasteiger partial charge on any atom is -0.374 e. The van der Waals surface area contributed by atoms with Gasteiger partial charge in [-0.1, -0.05) is 6.92 Å². The van der Waals surface area contributed by atoms with Gasteiger partial charge < -0.3 is 10.1 Å². The fourth-order valence-corrected chi connectivity index (χ4v) is 2.81. The van der Waals surface area contributed by atoms with Gasteiger partial charge in [0.2, 0.25) is 0 Å². The second-order valence-corrected chi connectivity index (χ2v) is 5.24. The molecule has 0 saturated heterocycles. The van der Waals surface area contributed by atoms with Crippen molar-refractivity contribution in [1.82, 2.24) is 10.3 Å². The fourth-order valence-electron chi connectivity index (χ4n) is 1.82. The highest BCUT2D eigenvalue weighted by Gasteiger charge is 2.34. The number of aromatic nitrogens is 1. The molecule has 1 aromatic heterocycles. The van der Waals surface area contributed by atoms with Gasteiger partial charge in [-0.2, -0.15) is 0 Å². The highest BCUT2D eigenvalue weighted by Crippen LogP contribution is 2.43. The molecule has 1 aromatic rings. The molecule has 3 nitrogen and oxygen atoms in total. The number of methoxy groups -OCH3 is 1. The van der Waals surface area contributed by atoms with Crippen molar-refractivity contribution in [2.45, 2.75) is 38.8 Å². The molecule has 0 bridgehead atoms. The van der Waals surface area contributed by atoms with Crippen LogP contribution in [0.2, 0.25) is 0 Å². The van der Waals surface area contributed by atoms with E-state index in [0.717, 1.165) is 23.8 Å². The maximum atomic E-state index is 5.53. The van der Waals surface area contributed by atoms with E-state index in [1.807, 2.05) is 0 Å². The Labute approximate surface area is 101 Å². The summed E-state index contributed by atoms with van der Waals surface area (Å²) in [6.45, 7) is 4.11. The standard InChI is InChI=1S/C12H20N2OS/c1-3-6-13-7-10-8-16-12(14-10)11(15-2)9-4-5-9/h8-9,11,13H,3-7H2,1-2H3. The number of rotatable bonds is 7. The summed E-state index contributed by atoms with van der Waals surface area (Å²) in [4.78, 5) is 4.65. The average Bonchev–Trinajstić information content (AvgIpc) is 3.01. The van der Waals surface area contributed by atoms with Crippen molar-refractivity contribution in [2.24, 2.45) is 5.92 Å². The minimum absolute atomic E-state index is 0.241. The fraction of sp³-hybridized carbons (Fsp3) is 0.750. The van der Waals surface area contributed by atoms with Gasteiger partial charge in [-0.3, -0.25) is 0 Å². The second-order valence-electron chi connectivity index (χ2n) is 4.35. The lowest BCUT2D eigenvalue weighted by molar-refractivity contribution is 0.0842. The van der Waals surface area contributed by atoms with Crippen LogP contribution in [0.15, 0.2) is 5.38 Å². The van der Waals surface area contributed by atoms with Crippen LogP contribution in [0.1, 0.15) is 43.0 Å². The number of hydrogen-bond donors (Lipinski definition) is 1. The highest BCUT2D eigenvalue weighted by molar-refractivity contribution is 7.09. The normalized spacial score (nSPS) is 17.6. The summed E-state index contributed by atoms with van der Waals surface area (Å²) in [6.07, 6.45) is 3.99. The Hall–Kier alpha value is -0.450. The monoisotopic (exact) mass is 240 g/mol. The molecular formula is C12H20N2OS. The molecular weight excluding hydrogens is 220 g/mol. The summed E-state index contributed by atoms with van der Waals surface area (Å²) in [7, 11) is 1.79. The summed E-state index contributed by atoms with van der Waals surface area (Å²) in [5, 5.41) is 6.67. The van der Waals surface area contributed by atoms with E-state index in [0.29, 0.717) is 5.92 Å². The largest absolute Gasteiger partial charge is 0.374 e. The van der Waals surface area contributed by atoms with Gasteiger partial charge in [0, 0.05) is 19.0 Å². The molecule has 16 heavy (non-hydrogen) atoms. The van der Waals surface area contributed by atoms with E-state index in [4.69, 9.17) is 4.74 Å². The Kier molecular flexibility index (Phi) is 4.32. The minimum atomic E-state index is 0.241. The van der Waals surface area contributed by atoms with Crippen LogP contribution in [0.25, 0.3) is 0 Å². The van der Waals surface area contributed by atoms with Gasteiger partial charge in [-0.25, -0.2) is 4.98 Å². The first-order valence-electron chi connectivity index (χ1n) is 6.03. The number of hydrogen-bond acceptors (Lipinski definition) is 4. The van der Waals surface area contributed by atoms with Gasteiger partial charge in [-0.05, 0) is 31.7 Å². The van der Waals surface area contributed by atoms with Gasteiger partial charge in [0.05, 0.1) is 5.69 Å². The molecule has 1 fully saturated rings. The van der Waals surface area contributed by atoms with Crippen molar-refractivity contribution in [3.05, 3.63) is 16.1 Å². The Bertz CT molecular complexity index is 323. The van der Waals surface area contributed by atoms with Crippen LogP contribution < -0.4 is 5.32 Å². The summed E-state index contributed by atoms with van der Waals surface area (Å²) in [5.41, 5.74) is 1.15. The SMILES string of the molecule is CCCNCc1csc(C(OC)C2CC2)n1. The Morgan fingerprint density at radius 1 is 1.62 bits per heavy atom. The maximum absolute atomic E-state index is 5.53. The van der Waals surface area contributed by atoms with Crippen LogP contribution in [0.3, 0.4) is 0 Å². The van der Waals surface area contributed by atoms with Crippen LogP contribution in [0.5, 0.6) is 0 Å². The predicted molar refractivity (Wildman–Crippen MR) is 66.6 cm³/mol. The molecule has 0 amide bonds. The molecule has 1 unspecified atom stereocenters. The molecule has 1 aliphatic rings. The lowest BCUT2D eigenvalue weighted by Crippen LogP contribution is -2.14. The van der Waals surface area contributed by atoms with Crippen molar-refractivity contribution in [3.8, 4) is 0 Å². The summed E-state index contributed by atoms with van der Waals surface area (Å²) < 4.78 is 5.53. The molecule has 0 spiro atoms. The number of ether oxygens (including phenoxy) is 1. The van der Waals surface area contributed by atoms with E-state index in [1.54, 1.807) is 18.4 Å². The van der Waals surface area contributed by atoms with Crippen molar-refractivity contribution < 1.29 is 4.74 Å². The Balaban J connectivity index is 1.90. The molecule has 90 valence electrons. The first-order valence-corrected chi connectivity index (χ1v) is 6.91.